The van der Waals surface area contributed by atoms with Crippen molar-refractivity contribution in [2.75, 3.05) is 22.8 Å². The van der Waals surface area contributed by atoms with Crippen molar-refractivity contribution in [3.8, 4) is 0 Å². The summed E-state index contributed by atoms with van der Waals surface area (Å²) in [4.78, 5) is 32.0. The summed E-state index contributed by atoms with van der Waals surface area (Å²) < 4.78 is 27.9. The normalized spacial score (nSPS) is 16.4. The van der Waals surface area contributed by atoms with Gasteiger partial charge in [-0.3, -0.25) is 14.3 Å². The number of carbonyl (C=O) groups excluding carboxylic acids is 2. The van der Waals surface area contributed by atoms with E-state index in [1.54, 1.807) is 27.6 Å². The Morgan fingerprint density at radius 1 is 1.11 bits per heavy atom. The van der Waals surface area contributed by atoms with Gasteiger partial charge in [0.15, 0.2) is 5.65 Å². The van der Waals surface area contributed by atoms with E-state index in [1.165, 1.54) is 6.92 Å². The summed E-state index contributed by atoms with van der Waals surface area (Å²) in [6.45, 7) is 7.57. The number of nitrogens with one attached hydrogen (secondary N) is 2. The third-order valence-corrected chi connectivity index (χ3v) is 6.79. The number of rotatable bonds is 5. The molecule has 2 aromatic heterocycles. The molecular weight excluding hydrogens is 468 g/mol. The van der Waals surface area contributed by atoms with Crippen molar-refractivity contribution < 1.29 is 18.0 Å². The van der Waals surface area contributed by atoms with Gasteiger partial charge in [-0.2, -0.15) is 9.61 Å². The molecule has 1 aliphatic heterocycles. The molecule has 10 nitrogen and oxygen atoms in total. The van der Waals surface area contributed by atoms with Gasteiger partial charge in [-0.15, -0.1) is 0 Å². The van der Waals surface area contributed by atoms with E-state index in [2.05, 4.69) is 15.0 Å². The van der Waals surface area contributed by atoms with Crippen molar-refractivity contribution in [2.24, 2.45) is 0 Å². The van der Waals surface area contributed by atoms with Crippen LogP contribution in [0.2, 0.25) is 0 Å². The minimum atomic E-state index is -3.56. The van der Waals surface area contributed by atoms with Crippen LogP contribution in [0.3, 0.4) is 0 Å². The number of likely N-dealkylation sites (tertiary alicyclic amines) is 1. The lowest BCUT2D eigenvalue weighted by atomic mass is 9.97. The van der Waals surface area contributed by atoms with E-state index in [0.29, 0.717) is 35.7 Å². The standard InChI is InChI=1S/C24H30N6O4S/c1-14-9-10-19(28-35(5,33)34)18(12-14)24(32)29-11-7-6-8-21(29)20-13-22-25-16(3)15(2)23(26-17(4)31)30(22)27-20/h9-10,12-13,21,28H,6-8,11H2,1-5H3,(H,26,31). The van der Waals surface area contributed by atoms with Gasteiger partial charge < -0.3 is 10.2 Å². The summed E-state index contributed by atoms with van der Waals surface area (Å²) in [6.07, 6.45) is 3.54. The summed E-state index contributed by atoms with van der Waals surface area (Å²) in [5.74, 6) is 0.0825. The zero-order valence-corrected chi connectivity index (χ0v) is 21.4. The first-order valence-corrected chi connectivity index (χ1v) is 13.4. The molecule has 1 aliphatic rings. The summed E-state index contributed by atoms with van der Waals surface area (Å²) in [7, 11) is -3.56. The number of nitrogens with zero attached hydrogens (tertiary/aromatic N) is 4. The molecule has 2 N–H and O–H groups in total. The highest BCUT2D eigenvalue weighted by molar-refractivity contribution is 7.92. The van der Waals surface area contributed by atoms with Crippen molar-refractivity contribution in [3.63, 3.8) is 0 Å². The number of hydrogen-bond acceptors (Lipinski definition) is 6. The molecule has 1 saturated heterocycles. The van der Waals surface area contributed by atoms with Crippen LogP contribution in [0.4, 0.5) is 11.5 Å². The topological polar surface area (TPSA) is 126 Å². The smallest absolute Gasteiger partial charge is 0.256 e. The van der Waals surface area contributed by atoms with Crippen LogP contribution in [0.15, 0.2) is 24.3 Å². The Morgan fingerprint density at radius 2 is 1.86 bits per heavy atom. The van der Waals surface area contributed by atoms with E-state index < -0.39 is 10.0 Å². The van der Waals surface area contributed by atoms with E-state index in [4.69, 9.17) is 5.10 Å². The monoisotopic (exact) mass is 498 g/mol. The molecule has 0 radical (unpaired) electrons. The molecule has 3 heterocycles. The van der Waals surface area contributed by atoms with Gasteiger partial charge in [0, 0.05) is 30.8 Å². The minimum absolute atomic E-state index is 0.211. The molecule has 0 bridgehead atoms. The first kappa shape index (κ1) is 24.6. The summed E-state index contributed by atoms with van der Waals surface area (Å²) in [5.41, 5.74) is 4.25. The fourth-order valence-electron chi connectivity index (χ4n) is 4.46. The van der Waals surface area contributed by atoms with E-state index in [-0.39, 0.29) is 23.5 Å². The zero-order valence-electron chi connectivity index (χ0n) is 20.5. The van der Waals surface area contributed by atoms with Crippen molar-refractivity contribution in [3.05, 3.63) is 52.3 Å². The number of piperidine rings is 1. The SMILES string of the molecule is CC(=O)Nc1c(C)c(C)nc2cc(C3CCCCN3C(=O)c3cc(C)ccc3NS(C)(=O)=O)nn12. The number of carbonyl (C=O) groups is 2. The molecule has 35 heavy (non-hydrogen) atoms. The van der Waals surface area contributed by atoms with Gasteiger partial charge in [0.1, 0.15) is 5.82 Å². The Kier molecular flexibility index (Phi) is 6.54. The zero-order chi connectivity index (χ0) is 25.5. The molecule has 11 heteroatoms. The number of amides is 2. The van der Waals surface area contributed by atoms with E-state index in [1.807, 2.05) is 26.8 Å². The second-order valence-electron chi connectivity index (χ2n) is 9.12. The molecule has 1 fully saturated rings. The Balaban J connectivity index is 1.77. The first-order valence-electron chi connectivity index (χ1n) is 11.5. The third kappa shape index (κ3) is 5.14. The lowest BCUT2D eigenvalue weighted by Gasteiger charge is -2.35. The molecule has 1 atom stereocenters. The van der Waals surface area contributed by atoms with Crippen LogP contribution in [0.5, 0.6) is 0 Å². The molecule has 186 valence electrons. The molecule has 0 aliphatic carbocycles. The van der Waals surface area contributed by atoms with Gasteiger partial charge in [-0.05, 0) is 52.2 Å². The second kappa shape index (κ2) is 9.29. The highest BCUT2D eigenvalue weighted by Gasteiger charge is 2.32. The number of hydrogen-bond donors (Lipinski definition) is 2. The van der Waals surface area contributed by atoms with Crippen LogP contribution < -0.4 is 10.0 Å². The average Bonchev–Trinajstić information content (AvgIpc) is 3.20. The maximum atomic E-state index is 13.8. The van der Waals surface area contributed by atoms with Crippen molar-refractivity contribution in [2.45, 2.75) is 53.0 Å². The molecule has 4 rings (SSSR count). The molecule has 0 saturated carbocycles. The number of anilines is 2. The van der Waals surface area contributed by atoms with Crippen LogP contribution in [0.1, 0.15) is 65.1 Å². The van der Waals surface area contributed by atoms with Crippen LogP contribution in [0, 0.1) is 20.8 Å². The lowest BCUT2D eigenvalue weighted by molar-refractivity contribution is -0.114. The number of sulfonamides is 1. The van der Waals surface area contributed by atoms with Crippen molar-refractivity contribution in [1.82, 2.24) is 19.5 Å². The van der Waals surface area contributed by atoms with E-state index >= 15 is 0 Å². The second-order valence-corrected chi connectivity index (χ2v) is 10.9. The minimum Gasteiger partial charge on any atom is -0.330 e. The number of benzene rings is 1. The van der Waals surface area contributed by atoms with Crippen molar-refractivity contribution >= 4 is 39.0 Å². The molecule has 0 spiro atoms. The Labute approximate surface area is 204 Å². The first-order chi connectivity index (χ1) is 16.4. The van der Waals surface area contributed by atoms with Gasteiger partial charge in [-0.1, -0.05) is 11.6 Å². The Hall–Kier alpha value is -3.47. The van der Waals surface area contributed by atoms with Crippen LogP contribution in [-0.2, 0) is 14.8 Å². The highest BCUT2D eigenvalue weighted by atomic mass is 32.2. The lowest BCUT2D eigenvalue weighted by Crippen LogP contribution is -2.39. The average molecular weight is 499 g/mol. The molecule has 2 amide bonds. The van der Waals surface area contributed by atoms with Crippen molar-refractivity contribution in [1.29, 1.82) is 0 Å². The molecule has 3 aromatic rings. The predicted octanol–water partition coefficient (Wildman–Crippen LogP) is 3.35. The molecular formula is C24H30N6O4S. The predicted molar refractivity (Wildman–Crippen MR) is 134 cm³/mol. The highest BCUT2D eigenvalue weighted by Crippen LogP contribution is 2.34. The molecule has 1 aromatic carbocycles. The van der Waals surface area contributed by atoms with Crippen LogP contribution in [0.25, 0.3) is 5.65 Å². The van der Waals surface area contributed by atoms with Gasteiger partial charge in [0.2, 0.25) is 15.9 Å². The quantitative estimate of drug-likeness (QED) is 0.556. The summed E-state index contributed by atoms with van der Waals surface area (Å²) in [6, 6.07) is 6.62. The maximum absolute atomic E-state index is 13.8. The van der Waals surface area contributed by atoms with Crippen LogP contribution in [-0.4, -0.2) is 52.5 Å². The maximum Gasteiger partial charge on any atom is 0.256 e. The van der Waals surface area contributed by atoms with Crippen LogP contribution >= 0.6 is 0 Å². The van der Waals surface area contributed by atoms with Gasteiger partial charge >= 0.3 is 0 Å². The molecule has 1 unspecified atom stereocenters. The van der Waals surface area contributed by atoms with E-state index in [9.17, 15) is 18.0 Å². The fourth-order valence-corrected chi connectivity index (χ4v) is 5.03. The van der Waals surface area contributed by atoms with Gasteiger partial charge in [0.25, 0.3) is 5.91 Å². The summed E-state index contributed by atoms with van der Waals surface area (Å²) in [5, 5.41) is 7.60. The largest absolute Gasteiger partial charge is 0.330 e. The number of fused-ring (bicyclic) bond motifs is 1. The van der Waals surface area contributed by atoms with Gasteiger partial charge in [0.05, 0.1) is 29.2 Å². The summed E-state index contributed by atoms with van der Waals surface area (Å²) >= 11 is 0. The number of aromatic nitrogens is 3. The number of aryl methyl sites for hydroxylation is 2. The Morgan fingerprint density at radius 3 is 2.54 bits per heavy atom. The van der Waals surface area contributed by atoms with Gasteiger partial charge in [-0.25, -0.2) is 13.4 Å². The van der Waals surface area contributed by atoms with E-state index in [0.717, 1.165) is 35.9 Å². The third-order valence-electron chi connectivity index (χ3n) is 6.20. The fraction of sp³-hybridized carbons (Fsp3) is 0.417. The Bertz CT molecular complexity index is 1430.